The third-order valence-electron chi connectivity index (χ3n) is 3.48. The van der Waals surface area contributed by atoms with Gasteiger partial charge in [0, 0.05) is 6.42 Å². The van der Waals surface area contributed by atoms with Gasteiger partial charge < -0.3 is 10.4 Å². The van der Waals surface area contributed by atoms with Crippen molar-refractivity contribution in [2.75, 3.05) is 0 Å². The fourth-order valence-corrected chi connectivity index (χ4v) is 2.24. The Kier molecular flexibility index (Phi) is 6.02. The molecule has 2 rings (SSSR count). The zero-order valence-corrected chi connectivity index (χ0v) is 13.1. The van der Waals surface area contributed by atoms with Crippen LogP contribution in [0.5, 0.6) is 0 Å². The van der Waals surface area contributed by atoms with Gasteiger partial charge in [-0.2, -0.15) is 5.26 Å². The van der Waals surface area contributed by atoms with Crippen molar-refractivity contribution in [2.24, 2.45) is 0 Å². The summed E-state index contributed by atoms with van der Waals surface area (Å²) in [6.07, 6.45) is 1.49. The van der Waals surface area contributed by atoms with Crippen LogP contribution in [0.15, 0.2) is 54.6 Å². The highest BCUT2D eigenvalue weighted by Crippen LogP contribution is 2.11. The minimum absolute atomic E-state index is 0.0852. The van der Waals surface area contributed by atoms with Gasteiger partial charge in [-0.05, 0) is 29.3 Å². The molecule has 0 aliphatic rings. The van der Waals surface area contributed by atoms with Crippen molar-refractivity contribution in [3.63, 3.8) is 0 Å². The SMILES string of the molecule is N#Cc1ccc(/C=C/C(=O)C(Cc2ccccc2)NC(=O)O)cc1F. The molecule has 0 aliphatic heterocycles. The van der Waals surface area contributed by atoms with Crippen molar-refractivity contribution in [3.05, 3.63) is 77.1 Å². The molecule has 0 saturated heterocycles. The number of carbonyl (C=O) groups is 2. The van der Waals surface area contributed by atoms with Crippen LogP contribution >= 0.6 is 0 Å². The van der Waals surface area contributed by atoms with Gasteiger partial charge in [0.15, 0.2) is 5.78 Å². The van der Waals surface area contributed by atoms with Crippen LogP contribution in [-0.4, -0.2) is 23.0 Å². The number of carbonyl (C=O) groups excluding carboxylic acids is 1. The maximum absolute atomic E-state index is 13.6. The molecule has 6 heteroatoms. The number of benzene rings is 2. The normalized spacial score (nSPS) is 11.7. The Morgan fingerprint density at radius 2 is 1.96 bits per heavy atom. The molecule has 0 aromatic heterocycles. The zero-order chi connectivity index (χ0) is 18.2. The van der Waals surface area contributed by atoms with E-state index in [0.717, 1.165) is 11.6 Å². The summed E-state index contributed by atoms with van der Waals surface area (Å²) in [7, 11) is 0. The van der Waals surface area contributed by atoms with Crippen LogP contribution in [0.25, 0.3) is 6.08 Å². The number of halogens is 1. The van der Waals surface area contributed by atoms with Crippen molar-refractivity contribution >= 4 is 18.0 Å². The third kappa shape index (κ3) is 5.29. The van der Waals surface area contributed by atoms with Crippen molar-refractivity contribution in [2.45, 2.75) is 12.5 Å². The first-order valence-electron chi connectivity index (χ1n) is 7.44. The number of rotatable bonds is 6. The average Bonchev–Trinajstić information content (AvgIpc) is 2.59. The lowest BCUT2D eigenvalue weighted by Crippen LogP contribution is -2.40. The second-order valence-electron chi connectivity index (χ2n) is 5.28. The lowest BCUT2D eigenvalue weighted by Gasteiger charge is -2.14. The molecule has 0 bridgehead atoms. The summed E-state index contributed by atoms with van der Waals surface area (Å²) < 4.78 is 13.6. The maximum atomic E-state index is 13.6. The second kappa shape index (κ2) is 8.41. The molecular formula is C19H15FN2O3. The van der Waals surface area contributed by atoms with Crippen LogP contribution in [0, 0.1) is 17.1 Å². The van der Waals surface area contributed by atoms with E-state index < -0.39 is 23.7 Å². The smallest absolute Gasteiger partial charge is 0.405 e. The van der Waals surface area contributed by atoms with Crippen LogP contribution in [0.3, 0.4) is 0 Å². The van der Waals surface area contributed by atoms with Gasteiger partial charge >= 0.3 is 6.09 Å². The molecule has 2 aromatic rings. The van der Waals surface area contributed by atoms with E-state index in [1.807, 2.05) is 6.07 Å². The molecule has 0 saturated carbocycles. The quantitative estimate of drug-likeness (QED) is 0.792. The Bertz CT molecular complexity index is 841. The van der Waals surface area contributed by atoms with E-state index in [9.17, 15) is 14.0 Å². The first-order chi connectivity index (χ1) is 12.0. The standard InChI is InChI=1S/C19H15FN2O3/c20-16-10-14(6-8-15(16)12-21)7-9-18(23)17(22-19(24)25)11-13-4-2-1-3-5-13/h1-10,17,22H,11H2,(H,24,25)/b9-7+. The maximum Gasteiger partial charge on any atom is 0.405 e. The highest BCUT2D eigenvalue weighted by atomic mass is 19.1. The van der Waals surface area contributed by atoms with Crippen molar-refractivity contribution in [1.82, 2.24) is 5.32 Å². The minimum Gasteiger partial charge on any atom is -0.465 e. The summed E-state index contributed by atoms with van der Waals surface area (Å²) in [5.41, 5.74) is 1.13. The molecule has 0 aliphatic carbocycles. The summed E-state index contributed by atoms with van der Waals surface area (Å²) in [5.74, 6) is -1.13. The summed E-state index contributed by atoms with van der Waals surface area (Å²) in [5, 5.41) is 19.8. The van der Waals surface area contributed by atoms with Crippen LogP contribution in [0.4, 0.5) is 9.18 Å². The molecular weight excluding hydrogens is 323 g/mol. The molecule has 1 amide bonds. The number of hydrogen-bond donors (Lipinski definition) is 2. The average molecular weight is 338 g/mol. The summed E-state index contributed by atoms with van der Waals surface area (Å²) >= 11 is 0. The molecule has 5 nitrogen and oxygen atoms in total. The largest absolute Gasteiger partial charge is 0.465 e. The fourth-order valence-electron chi connectivity index (χ4n) is 2.24. The highest BCUT2D eigenvalue weighted by molar-refractivity contribution is 5.99. The number of amides is 1. The van der Waals surface area contributed by atoms with E-state index in [0.29, 0.717) is 5.56 Å². The number of ketones is 1. The van der Waals surface area contributed by atoms with Gasteiger partial charge in [-0.3, -0.25) is 4.79 Å². The number of nitrogens with zero attached hydrogens (tertiary/aromatic N) is 1. The third-order valence-corrected chi connectivity index (χ3v) is 3.48. The van der Waals surface area contributed by atoms with Crippen LogP contribution < -0.4 is 5.32 Å². The number of hydrogen-bond acceptors (Lipinski definition) is 3. The first-order valence-corrected chi connectivity index (χ1v) is 7.44. The second-order valence-corrected chi connectivity index (χ2v) is 5.28. The zero-order valence-electron chi connectivity index (χ0n) is 13.1. The minimum atomic E-state index is -1.30. The molecule has 0 spiro atoms. The van der Waals surface area contributed by atoms with E-state index >= 15 is 0 Å². The molecule has 1 atom stereocenters. The van der Waals surface area contributed by atoms with E-state index in [2.05, 4.69) is 5.32 Å². The van der Waals surface area contributed by atoms with Gasteiger partial charge in [-0.1, -0.05) is 42.5 Å². The Morgan fingerprint density at radius 1 is 1.24 bits per heavy atom. The molecule has 2 aromatic carbocycles. The number of nitrogens with one attached hydrogen (secondary N) is 1. The van der Waals surface area contributed by atoms with E-state index in [1.54, 1.807) is 30.3 Å². The van der Waals surface area contributed by atoms with Crippen LogP contribution in [-0.2, 0) is 11.2 Å². The molecule has 0 heterocycles. The molecule has 25 heavy (non-hydrogen) atoms. The van der Waals surface area contributed by atoms with E-state index in [4.69, 9.17) is 10.4 Å². The van der Waals surface area contributed by atoms with Gasteiger partial charge in [0.25, 0.3) is 0 Å². The van der Waals surface area contributed by atoms with Crippen LogP contribution in [0.1, 0.15) is 16.7 Å². The monoisotopic (exact) mass is 338 g/mol. The molecule has 2 N–H and O–H groups in total. The lowest BCUT2D eigenvalue weighted by molar-refractivity contribution is -0.116. The Balaban J connectivity index is 2.14. The Hall–Kier alpha value is -3.46. The molecule has 126 valence electrons. The predicted octanol–water partition coefficient (Wildman–Crippen LogP) is 3.16. The van der Waals surface area contributed by atoms with Gasteiger partial charge in [-0.15, -0.1) is 0 Å². The topological polar surface area (TPSA) is 90.2 Å². The number of carboxylic acid groups (broad SMARTS) is 1. The van der Waals surface area contributed by atoms with Gasteiger partial charge in [0.2, 0.25) is 0 Å². The summed E-state index contributed by atoms with van der Waals surface area (Å²) in [6.45, 7) is 0. The van der Waals surface area contributed by atoms with Crippen molar-refractivity contribution in [1.29, 1.82) is 5.26 Å². The predicted molar refractivity (Wildman–Crippen MR) is 90.3 cm³/mol. The fraction of sp³-hybridized carbons (Fsp3) is 0.105. The Labute approximate surface area is 144 Å². The highest BCUT2D eigenvalue weighted by Gasteiger charge is 2.18. The number of nitriles is 1. The lowest BCUT2D eigenvalue weighted by atomic mass is 10.0. The molecule has 1 unspecified atom stereocenters. The van der Waals surface area contributed by atoms with Gasteiger partial charge in [0.05, 0.1) is 11.6 Å². The van der Waals surface area contributed by atoms with Crippen molar-refractivity contribution < 1.29 is 19.1 Å². The summed E-state index contributed by atoms with van der Waals surface area (Å²) in [4.78, 5) is 23.2. The van der Waals surface area contributed by atoms with E-state index in [1.165, 1.54) is 24.3 Å². The summed E-state index contributed by atoms with van der Waals surface area (Å²) in [6, 6.07) is 13.7. The van der Waals surface area contributed by atoms with Crippen LogP contribution in [0.2, 0.25) is 0 Å². The molecule has 0 fully saturated rings. The van der Waals surface area contributed by atoms with Crippen molar-refractivity contribution in [3.8, 4) is 6.07 Å². The first kappa shape index (κ1) is 17.9. The molecule has 0 radical (unpaired) electrons. The van der Waals surface area contributed by atoms with Gasteiger partial charge in [-0.25, -0.2) is 9.18 Å². The Morgan fingerprint density at radius 3 is 2.56 bits per heavy atom. The van der Waals surface area contributed by atoms with Gasteiger partial charge in [0.1, 0.15) is 11.9 Å². The van der Waals surface area contributed by atoms with E-state index in [-0.39, 0.29) is 12.0 Å².